The molecule has 1 aliphatic heterocycles. The lowest BCUT2D eigenvalue weighted by atomic mass is 10.1. The standard InChI is InChI=1S/C18H18N4O/c23-16-8-4-2-6-14(16)18-21-15-7-3-1-5-13(15)17(22-18)20-12-9-10-19-11-12/h1-8,12,19,23H,9-11H2,(H,20,21,22). The van der Waals surface area contributed by atoms with Crippen LogP contribution < -0.4 is 10.6 Å². The van der Waals surface area contributed by atoms with E-state index >= 15 is 0 Å². The summed E-state index contributed by atoms with van der Waals surface area (Å²) in [4.78, 5) is 9.30. The van der Waals surface area contributed by atoms with Crippen LogP contribution in [0.25, 0.3) is 22.3 Å². The van der Waals surface area contributed by atoms with Crippen molar-refractivity contribution < 1.29 is 5.11 Å². The third-order valence-electron chi connectivity index (χ3n) is 4.15. The lowest BCUT2D eigenvalue weighted by Crippen LogP contribution is -2.23. The first-order valence-corrected chi connectivity index (χ1v) is 7.84. The van der Waals surface area contributed by atoms with Gasteiger partial charge in [0.25, 0.3) is 0 Å². The second-order valence-corrected chi connectivity index (χ2v) is 5.76. The number of anilines is 1. The molecule has 5 heteroatoms. The second kappa shape index (κ2) is 5.85. The molecule has 3 N–H and O–H groups in total. The van der Waals surface area contributed by atoms with E-state index < -0.39 is 0 Å². The molecule has 2 heterocycles. The van der Waals surface area contributed by atoms with E-state index in [0.29, 0.717) is 17.4 Å². The molecule has 23 heavy (non-hydrogen) atoms. The van der Waals surface area contributed by atoms with Crippen molar-refractivity contribution in [2.45, 2.75) is 12.5 Å². The average molecular weight is 306 g/mol. The van der Waals surface area contributed by atoms with Gasteiger partial charge in [0.15, 0.2) is 5.82 Å². The molecule has 3 aromatic rings. The van der Waals surface area contributed by atoms with Crippen LogP contribution in [0.2, 0.25) is 0 Å². The van der Waals surface area contributed by atoms with Gasteiger partial charge in [-0.25, -0.2) is 9.97 Å². The Morgan fingerprint density at radius 3 is 2.70 bits per heavy atom. The molecule has 1 aromatic heterocycles. The maximum atomic E-state index is 10.1. The van der Waals surface area contributed by atoms with E-state index in [4.69, 9.17) is 0 Å². The first-order chi connectivity index (χ1) is 11.3. The van der Waals surface area contributed by atoms with Gasteiger partial charge in [0.05, 0.1) is 11.1 Å². The zero-order valence-electron chi connectivity index (χ0n) is 12.7. The van der Waals surface area contributed by atoms with Gasteiger partial charge < -0.3 is 15.7 Å². The van der Waals surface area contributed by atoms with E-state index in [1.165, 1.54) is 0 Å². The number of hydrogen-bond donors (Lipinski definition) is 3. The van der Waals surface area contributed by atoms with Gasteiger partial charge in [-0.3, -0.25) is 0 Å². The van der Waals surface area contributed by atoms with Gasteiger partial charge in [-0.05, 0) is 37.2 Å². The summed E-state index contributed by atoms with van der Waals surface area (Å²) in [6.07, 6.45) is 1.07. The van der Waals surface area contributed by atoms with Gasteiger partial charge in [0.1, 0.15) is 11.6 Å². The van der Waals surface area contributed by atoms with E-state index in [-0.39, 0.29) is 5.75 Å². The number of phenols is 1. The molecule has 1 saturated heterocycles. The summed E-state index contributed by atoms with van der Waals surface area (Å²) in [7, 11) is 0. The zero-order chi connectivity index (χ0) is 15.6. The van der Waals surface area contributed by atoms with Gasteiger partial charge >= 0.3 is 0 Å². The second-order valence-electron chi connectivity index (χ2n) is 5.76. The van der Waals surface area contributed by atoms with Crippen molar-refractivity contribution in [2.24, 2.45) is 0 Å². The quantitative estimate of drug-likeness (QED) is 0.694. The number of para-hydroxylation sites is 2. The summed E-state index contributed by atoms with van der Waals surface area (Å²) in [5.41, 5.74) is 1.51. The Kier molecular flexibility index (Phi) is 3.55. The number of fused-ring (bicyclic) bond motifs is 1. The fourth-order valence-electron chi connectivity index (χ4n) is 2.94. The number of aromatic hydroxyl groups is 1. The zero-order valence-corrected chi connectivity index (χ0v) is 12.7. The Morgan fingerprint density at radius 1 is 1.04 bits per heavy atom. The van der Waals surface area contributed by atoms with Crippen LogP contribution in [0.4, 0.5) is 5.82 Å². The normalized spacial score (nSPS) is 17.5. The number of benzene rings is 2. The molecule has 2 aromatic carbocycles. The van der Waals surface area contributed by atoms with Crippen LogP contribution in [0.15, 0.2) is 48.5 Å². The van der Waals surface area contributed by atoms with Crippen LogP contribution in [-0.4, -0.2) is 34.2 Å². The maximum absolute atomic E-state index is 10.1. The van der Waals surface area contributed by atoms with Crippen molar-refractivity contribution in [1.29, 1.82) is 0 Å². The van der Waals surface area contributed by atoms with Crippen molar-refractivity contribution in [2.75, 3.05) is 18.4 Å². The number of phenolic OH excluding ortho intramolecular Hbond substituents is 1. The fraction of sp³-hybridized carbons (Fsp3) is 0.222. The lowest BCUT2D eigenvalue weighted by Gasteiger charge is -2.15. The summed E-state index contributed by atoms with van der Waals surface area (Å²) < 4.78 is 0. The van der Waals surface area contributed by atoms with E-state index in [2.05, 4.69) is 20.6 Å². The van der Waals surface area contributed by atoms with Gasteiger partial charge in [0.2, 0.25) is 0 Å². The highest BCUT2D eigenvalue weighted by Gasteiger charge is 2.17. The molecular formula is C18H18N4O. The van der Waals surface area contributed by atoms with Crippen molar-refractivity contribution in [3.63, 3.8) is 0 Å². The summed E-state index contributed by atoms with van der Waals surface area (Å²) in [5, 5.41) is 18.0. The molecule has 116 valence electrons. The third kappa shape index (κ3) is 2.71. The van der Waals surface area contributed by atoms with E-state index in [0.717, 1.165) is 36.2 Å². The van der Waals surface area contributed by atoms with Gasteiger partial charge in [0, 0.05) is 18.0 Å². The Balaban J connectivity index is 1.84. The molecule has 1 unspecified atom stereocenters. The molecule has 5 nitrogen and oxygen atoms in total. The van der Waals surface area contributed by atoms with Crippen LogP contribution in [-0.2, 0) is 0 Å². The number of aromatic nitrogens is 2. The Bertz CT molecular complexity index is 843. The van der Waals surface area contributed by atoms with Gasteiger partial charge in [-0.1, -0.05) is 24.3 Å². The monoisotopic (exact) mass is 306 g/mol. The maximum Gasteiger partial charge on any atom is 0.165 e. The van der Waals surface area contributed by atoms with Gasteiger partial charge in [-0.15, -0.1) is 0 Å². The number of nitrogens with zero attached hydrogens (tertiary/aromatic N) is 2. The molecule has 1 aliphatic rings. The highest BCUT2D eigenvalue weighted by atomic mass is 16.3. The molecule has 0 bridgehead atoms. The number of nitrogens with one attached hydrogen (secondary N) is 2. The molecule has 0 aliphatic carbocycles. The molecule has 0 radical (unpaired) electrons. The predicted octanol–water partition coefficient (Wildman–Crippen LogP) is 2.78. The Morgan fingerprint density at radius 2 is 1.87 bits per heavy atom. The number of rotatable bonds is 3. The van der Waals surface area contributed by atoms with Crippen LogP contribution in [0, 0.1) is 0 Å². The summed E-state index contributed by atoms with van der Waals surface area (Å²) >= 11 is 0. The molecule has 1 atom stereocenters. The lowest BCUT2D eigenvalue weighted by molar-refractivity contribution is 0.477. The highest BCUT2D eigenvalue weighted by molar-refractivity contribution is 5.91. The molecular weight excluding hydrogens is 288 g/mol. The summed E-state index contributed by atoms with van der Waals surface area (Å²) in [5.74, 6) is 1.55. The molecule has 4 rings (SSSR count). The van der Waals surface area contributed by atoms with Crippen LogP contribution in [0.1, 0.15) is 6.42 Å². The van der Waals surface area contributed by atoms with E-state index in [1.54, 1.807) is 12.1 Å². The minimum atomic E-state index is 0.191. The first kappa shape index (κ1) is 14.0. The SMILES string of the molecule is Oc1ccccc1-c1nc(NC2CCNC2)c2ccccc2n1. The third-order valence-corrected chi connectivity index (χ3v) is 4.15. The summed E-state index contributed by atoms with van der Waals surface area (Å²) in [6.45, 7) is 1.96. The smallest absolute Gasteiger partial charge is 0.165 e. The van der Waals surface area contributed by atoms with Crippen molar-refractivity contribution >= 4 is 16.7 Å². The van der Waals surface area contributed by atoms with Crippen molar-refractivity contribution in [1.82, 2.24) is 15.3 Å². The van der Waals surface area contributed by atoms with E-state index in [1.807, 2.05) is 36.4 Å². The summed E-state index contributed by atoms with van der Waals surface area (Å²) in [6, 6.07) is 15.5. The van der Waals surface area contributed by atoms with Crippen LogP contribution in [0.3, 0.4) is 0 Å². The van der Waals surface area contributed by atoms with Gasteiger partial charge in [-0.2, -0.15) is 0 Å². The molecule has 0 spiro atoms. The molecule has 0 saturated carbocycles. The Labute approximate surface area is 134 Å². The predicted molar refractivity (Wildman–Crippen MR) is 91.5 cm³/mol. The number of hydrogen-bond acceptors (Lipinski definition) is 5. The first-order valence-electron chi connectivity index (χ1n) is 7.84. The Hall–Kier alpha value is -2.66. The van der Waals surface area contributed by atoms with E-state index in [9.17, 15) is 5.11 Å². The fourth-order valence-corrected chi connectivity index (χ4v) is 2.94. The van der Waals surface area contributed by atoms with Crippen LogP contribution in [0.5, 0.6) is 5.75 Å². The van der Waals surface area contributed by atoms with Crippen molar-refractivity contribution in [3.8, 4) is 17.1 Å². The minimum Gasteiger partial charge on any atom is -0.507 e. The topological polar surface area (TPSA) is 70.1 Å². The van der Waals surface area contributed by atoms with Crippen LogP contribution >= 0.6 is 0 Å². The molecule has 1 fully saturated rings. The highest BCUT2D eigenvalue weighted by Crippen LogP contribution is 2.30. The molecule has 0 amide bonds. The largest absolute Gasteiger partial charge is 0.507 e. The van der Waals surface area contributed by atoms with Crippen molar-refractivity contribution in [3.05, 3.63) is 48.5 Å². The minimum absolute atomic E-state index is 0.191. The average Bonchev–Trinajstić information content (AvgIpc) is 3.08.